The van der Waals surface area contributed by atoms with Crippen LogP contribution < -0.4 is 14.8 Å². The molecule has 1 aromatic rings. The summed E-state index contributed by atoms with van der Waals surface area (Å²) in [7, 11) is -2.34. The largest absolute Gasteiger partial charge is 0.495 e. The van der Waals surface area contributed by atoms with Crippen LogP contribution in [0.4, 0.5) is 0 Å². The minimum absolute atomic E-state index is 0.0274. The number of nitrogens with one attached hydrogen (secondary N) is 2. The summed E-state index contributed by atoms with van der Waals surface area (Å²) in [5.41, 5.74) is 0.308. The predicted octanol–water partition coefficient (Wildman–Crippen LogP) is 1.91. The molecule has 7 heteroatoms. The van der Waals surface area contributed by atoms with Crippen LogP contribution in [0.25, 0.3) is 0 Å². The summed E-state index contributed by atoms with van der Waals surface area (Å²) in [6.45, 7) is 5.44. The zero-order valence-corrected chi connectivity index (χ0v) is 14.7. The van der Waals surface area contributed by atoms with Crippen LogP contribution >= 0.6 is 0 Å². The van der Waals surface area contributed by atoms with Crippen molar-refractivity contribution < 1.29 is 17.9 Å². The highest BCUT2D eigenvalue weighted by molar-refractivity contribution is 7.89. The molecule has 0 radical (unpaired) electrons. The van der Waals surface area contributed by atoms with Crippen LogP contribution in [0, 0.1) is 5.92 Å². The van der Waals surface area contributed by atoms with Crippen LogP contribution in [-0.2, 0) is 10.0 Å². The van der Waals surface area contributed by atoms with Gasteiger partial charge >= 0.3 is 0 Å². The van der Waals surface area contributed by atoms with Gasteiger partial charge in [-0.1, -0.05) is 0 Å². The molecule has 0 bridgehead atoms. The Morgan fingerprint density at radius 3 is 2.43 bits per heavy atom. The number of sulfonamides is 1. The van der Waals surface area contributed by atoms with Gasteiger partial charge in [-0.05, 0) is 57.7 Å². The molecule has 1 aliphatic rings. The van der Waals surface area contributed by atoms with E-state index in [4.69, 9.17) is 4.74 Å². The van der Waals surface area contributed by atoms with Crippen molar-refractivity contribution in [3.8, 4) is 5.75 Å². The van der Waals surface area contributed by atoms with E-state index in [0.717, 1.165) is 12.8 Å². The van der Waals surface area contributed by atoms with Crippen molar-refractivity contribution in [1.82, 2.24) is 10.0 Å². The summed E-state index contributed by atoms with van der Waals surface area (Å²) < 4.78 is 32.5. The summed E-state index contributed by atoms with van der Waals surface area (Å²) >= 11 is 0. The molecule has 1 atom stereocenters. The lowest BCUT2D eigenvalue weighted by molar-refractivity contribution is 0.0935. The van der Waals surface area contributed by atoms with Gasteiger partial charge in [0.1, 0.15) is 10.6 Å². The van der Waals surface area contributed by atoms with Crippen molar-refractivity contribution in [3.63, 3.8) is 0 Å². The molecule has 23 heavy (non-hydrogen) atoms. The van der Waals surface area contributed by atoms with Crippen LogP contribution in [0.15, 0.2) is 23.1 Å². The second-order valence-electron chi connectivity index (χ2n) is 6.24. The molecular weight excluding hydrogens is 316 g/mol. The first-order valence-corrected chi connectivity index (χ1v) is 9.24. The molecule has 2 N–H and O–H groups in total. The average Bonchev–Trinajstić information content (AvgIpc) is 3.29. The standard InChI is InChI=1S/C16H24N2O4S/c1-10(2)18-23(20,21)15-9-13(7-8-14(15)22-4)16(19)17-11(3)12-5-6-12/h7-12,18H,5-6H2,1-4H3,(H,17,19). The smallest absolute Gasteiger partial charge is 0.251 e. The van der Waals surface area contributed by atoms with Crippen molar-refractivity contribution in [2.75, 3.05) is 7.11 Å². The quantitative estimate of drug-likeness (QED) is 0.794. The molecule has 0 saturated heterocycles. The van der Waals surface area contributed by atoms with E-state index in [1.54, 1.807) is 19.9 Å². The third-order valence-corrected chi connectivity index (χ3v) is 5.47. The van der Waals surface area contributed by atoms with Gasteiger partial charge < -0.3 is 10.1 Å². The Morgan fingerprint density at radius 1 is 1.26 bits per heavy atom. The summed E-state index contributed by atoms with van der Waals surface area (Å²) in [5, 5.41) is 2.92. The van der Waals surface area contributed by atoms with Gasteiger partial charge in [0, 0.05) is 17.6 Å². The molecule has 128 valence electrons. The SMILES string of the molecule is COc1ccc(C(=O)NC(C)C2CC2)cc1S(=O)(=O)NC(C)C. The van der Waals surface area contributed by atoms with E-state index in [9.17, 15) is 13.2 Å². The number of hydrogen-bond donors (Lipinski definition) is 2. The van der Waals surface area contributed by atoms with Crippen LogP contribution in [0.5, 0.6) is 5.75 Å². The Labute approximate surface area is 137 Å². The molecule has 0 aromatic heterocycles. The minimum atomic E-state index is -3.75. The van der Waals surface area contributed by atoms with Crippen LogP contribution in [0.3, 0.4) is 0 Å². The lowest BCUT2D eigenvalue weighted by Crippen LogP contribution is -2.34. The zero-order chi connectivity index (χ0) is 17.2. The Bertz CT molecular complexity index is 681. The molecule has 1 unspecified atom stereocenters. The number of carbonyl (C=O) groups is 1. The summed E-state index contributed by atoms with van der Waals surface area (Å²) in [4.78, 5) is 12.3. The van der Waals surface area contributed by atoms with E-state index in [1.165, 1.54) is 19.2 Å². The molecule has 1 aromatic carbocycles. The minimum Gasteiger partial charge on any atom is -0.495 e. The molecule has 0 heterocycles. The molecule has 0 spiro atoms. The Kier molecular flexibility index (Phi) is 5.31. The first kappa shape index (κ1) is 17.7. The number of ether oxygens (including phenoxy) is 1. The highest BCUT2D eigenvalue weighted by Crippen LogP contribution is 2.32. The summed E-state index contributed by atoms with van der Waals surface area (Å²) in [6.07, 6.45) is 2.25. The number of hydrogen-bond acceptors (Lipinski definition) is 4. The second kappa shape index (κ2) is 6.88. The number of carbonyl (C=O) groups excluding carboxylic acids is 1. The molecule has 1 saturated carbocycles. The number of benzene rings is 1. The molecule has 6 nitrogen and oxygen atoms in total. The molecule has 1 aliphatic carbocycles. The highest BCUT2D eigenvalue weighted by atomic mass is 32.2. The van der Waals surface area contributed by atoms with Crippen LogP contribution in [-0.4, -0.2) is 33.5 Å². The number of rotatable bonds is 7. The lowest BCUT2D eigenvalue weighted by atomic mass is 10.1. The monoisotopic (exact) mass is 340 g/mol. The third kappa shape index (κ3) is 4.45. The van der Waals surface area contributed by atoms with Gasteiger partial charge in [0.15, 0.2) is 0 Å². The van der Waals surface area contributed by atoms with Crippen molar-refractivity contribution in [2.24, 2.45) is 5.92 Å². The number of methoxy groups -OCH3 is 1. The van der Waals surface area contributed by atoms with E-state index < -0.39 is 10.0 Å². The van der Waals surface area contributed by atoms with Gasteiger partial charge in [0.05, 0.1) is 7.11 Å². The van der Waals surface area contributed by atoms with E-state index in [1.807, 2.05) is 6.92 Å². The average molecular weight is 340 g/mol. The number of amides is 1. The molecular formula is C16H24N2O4S. The van der Waals surface area contributed by atoms with Gasteiger partial charge in [0.2, 0.25) is 10.0 Å². The van der Waals surface area contributed by atoms with Gasteiger partial charge in [-0.15, -0.1) is 0 Å². The first-order valence-electron chi connectivity index (χ1n) is 7.76. The lowest BCUT2D eigenvalue weighted by Gasteiger charge is -2.16. The summed E-state index contributed by atoms with van der Waals surface area (Å²) in [6, 6.07) is 4.28. The molecule has 0 aliphatic heterocycles. The van der Waals surface area contributed by atoms with Gasteiger partial charge in [-0.2, -0.15) is 0 Å². The topological polar surface area (TPSA) is 84.5 Å². The van der Waals surface area contributed by atoms with E-state index in [-0.39, 0.29) is 28.6 Å². The van der Waals surface area contributed by atoms with E-state index in [0.29, 0.717) is 11.5 Å². The molecule has 1 amide bonds. The van der Waals surface area contributed by atoms with Crippen molar-refractivity contribution in [1.29, 1.82) is 0 Å². The Balaban J connectivity index is 2.29. The maximum Gasteiger partial charge on any atom is 0.251 e. The fourth-order valence-electron chi connectivity index (χ4n) is 2.41. The van der Waals surface area contributed by atoms with E-state index in [2.05, 4.69) is 10.0 Å². The van der Waals surface area contributed by atoms with Crippen molar-refractivity contribution >= 4 is 15.9 Å². The Hall–Kier alpha value is -1.60. The normalized spacial score (nSPS) is 16.2. The summed E-state index contributed by atoms with van der Waals surface area (Å²) in [5.74, 6) is 0.473. The first-order chi connectivity index (χ1) is 10.7. The highest BCUT2D eigenvalue weighted by Gasteiger charge is 2.29. The van der Waals surface area contributed by atoms with Gasteiger partial charge in [-0.3, -0.25) is 4.79 Å². The fraction of sp³-hybridized carbons (Fsp3) is 0.562. The van der Waals surface area contributed by atoms with Crippen LogP contribution in [0.2, 0.25) is 0 Å². The molecule has 1 fully saturated rings. The Morgan fingerprint density at radius 2 is 1.91 bits per heavy atom. The van der Waals surface area contributed by atoms with Gasteiger partial charge in [0.25, 0.3) is 5.91 Å². The maximum absolute atomic E-state index is 12.4. The predicted molar refractivity (Wildman–Crippen MR) is 88.1 cm³/mol. The zero-order valence-electron chi connectivity index (χ0n) is 13.9. The van der Waals surface area contributed by atoms with E-state index >= 15 is 0 Å². The van der Waals surface area contributed by atoms with Gasteiger partial charge in [-0.25, -0.2) is 13.1 Å². The van der Waals surface area contributed by atoms with Crippen LogP contribution in [0.1, 0.15) is 44.0 Å². The van der Waals surface area contributed by atoms with Crippen molar-refractivity contribution in [2.45, 2.75) is 50.6 Å². The second-order valence-corrected chi connectivity index (χ2v) is 7.92. The third-order valence-electron chi connectivity index (χ3n) is 3.79. The van der Waals surface area contributed by atoms with Crippen molar-refractivity contribution in [3.05, 3.63) is 23.8 Å². The fourth-order valence-corrected chi connectivity index (χ4v) is 3.85. The molecule has 2 rings (SSSR count). The maximum atomic E-state index is 12.4.